The highest BCUT2D eigenvalue weighted by Crippen LogP contribution is 2.34. The molecule has 3 N–H and O–H groups in total. The van der Waals surface area contributed by atoms with Crippen LogP contribution in [0.1, 0.15) is 26.3 Å². The molecule has 9 nitrogen and oxygen atoms in total. The van der Waals surface area contributed by atoms with Crippen LogP contribution in [0.5, 0.6) is 0 Å². The number of nitrogen functional groups attached to an aromatic ring is 1. The molecule has 0 radical (unpaired) electrons. The Labute approximate surface area is 187 Å². The third-order valence-electron chi connectivity index (χ3n) is 4.75. The molecule has 1 aliphatic rings. The lowest BCUT2D eigenvalue weighted by molar-refractivity contribution is -0.137. The fourth-order valence-electron chi connectivity index (χ4n) is 3.21. The maximum absolute atomic E-state index is 12.8. The molecule has 0 atom stereocenters. The number of anilines is 1. The number of alkyl halides is 3. The zero-order valence-corrected chi connectivity index (χ0v) is 17.5. The average molecular weight is 499 g/mol. The van der Waals surface area contributed by atoms with Crippen LogP contribution in [-0.4, -0.2) is 29.8 Å². The van der Waals surface area contributed by atoms with Gasteiger partial charge in [-0.15, -0.1) is 0 Å². The molecule has 14 heteroatoms. The minimum atomic E-state index is -4.76. The first-order chi connectivity index (χ1) is 15.3. The van der Waals surface area contributed by atoms with Gasteiger partial charge in [-0.3, -0.25) is 24.3 Å². The molecule has 2 amide bonds. The summed E-state index contributed by atoms with van der Waals surface area (Å²) in [5, 5.41) is 0.514. The van der Waals surface area contributed by atoms with Gasteiger partial charge in [0.15, 0.2) is 5.03 Å². The number of hydrogen-bond donors (Lipinski definition) is 2. The van der Waals surface area contributed by atoms with E-state index in [-0.39, 0.29) is 27.5 Å². The lowest BCUT2D eigenvalue weighted by Crippen LogP contribution is -2.24. The first-order valence-corrected chi connectivity index (χ1v) is 10.7. The first-order valence-electron chi connectivity index (χ1n) is 8.82. The third kappa shape index (κ3) is 3.64. The van der Waals surface area contributed by atoms with Gasteiger partial charge in [0.1, 0.15) is 5.82 Å². The van der Waals surface area contributed by atoms with Gasteiger partial charge in [0.25, 0.3) is 17.4 Å². The van der Waals surface area contributed by atoms with Crippen LogP contribution in [0.3, 0.4) is 0 Å². The number of benzene rings is 1. The van der Waals surface area contributed by atoms with E-state index >= 15 is 0 Å². The monoisotopic (exact) mass is 498 g/mol. The molecule has 0 unspecified atom stereocenters. The van der Waals surface area contributed by atoms with Crippen molar-refractivity contribution in [3.63, 3.8) is 0 Å². The second-order valence-electron chi connectivity index (χ2n) is 6.78. The predicted octanol–water partition coefficient (Wildman–Crippen LogP) is 2.20. The van der Waals surface area contributed by atoms with Crippen molar-refractivity contribution < 1.29 is 31.2 Å². The Bertz CT molecular complexity index is 1520. The van der Waals surface area contributed by atoms with Gasteiger partial charge < -0.3 is 5.73 Å². The van der Waals surface area contributed by atoms with E-state index in [0.717, 1.165) is 22.8 Å². The van der Waals surface area contributed by atoms with Crippen molar-refractivity contribution in [1.29, 1.82) is 0 Å². The number of carbonyl (C=O) groups excluding carboxylic acids is 2. The number of halogens is 4. The van der Waals surface area contributed by atoms with Crippen molar-refractivity contribution in [2.24, 2.45) is 0 Å². The summed E-state index contributed by atoms with van der Waals surface area (Å²) in [4.78, 5) is 39.2. The van der Waals surface area contributed by atoms with E-state index in [1.54, 1.807) is 0 Å². The van der Waals surface area contributed by atoms with Crippen molar-refractivity contribution in [3.8, 4) is 5.69 Å². The fraction of sp³-hybridized carbons (Fsp3) is 0.0526. The largest absolute Gasteiger partial charge is 0.417 e. The smallest absolute Gasteiger partial charge is 0.384 e. The summed E-state index contributed by atoms with van der Waals surface area (Å²) in [5.74, 6) is -1.89. The number of nitrogens with zero attached hydrogens (tertiary/aromatic N) is 2. The molecule has 0 fully saturated rings. The molecule has 3 aromatic rings. The normalized spacial score (nSPS) is 13.7. The van der Waals surface area contributed by atoms with Crippen molar-refractivity contribution in [2.75, 3.05) is 5.73 Å². The van der Waals surface area contributed by atoms with E-state index in [2.05, 4.69) is 4.98 Å². The van der Waals surface area contributed by atoms with E-state index in [1.807, 2.05) is 5.32 Å². The number of nitrogens with two attached hydrogens (primary N) is 1. The summed E-state index contributed by atoms with van der Waals surface area (Å²) in [6.45, 7) is 0. The van der Waals surface area contributed by atoms with Crippen molar-refractivity contribution in [2.45, 2.75) is 16.1 Å². The number of carbonyl (C=O) groups is 2. The molecule has 0 aliphatic carbocycles. The predicted molar refractivity (Wildman–Crippen MR) is 108 cm³/mol. The second-order valence-corrected chi connectivity index (χ2v) is 9.05. The summed E-state index contributed by atoms with van der Waals surface area (Å²) in [6.07, 6.45) is -4.41. The van der Waals surface area contributed by atoms with Gasteiger partial charge >= 0.3 is 6.18 Å². The molecule has 3 heterocycles. The Morgan fingerprint density at radius 2 is 1.67 bits per heavy atom. The highest BCUT2D eigenvalue weighted by molar-refractivity contribution is 7.91. The molecule has 0 saturated carbocycles. The minimum Gasteiger partial charge on any atom is -0.384 e. The number of imide groups is 1. The van der Waals surface area contributed by atoms with Gasteiger partial charge in [-0.05, 0) is 30.3 Å². The maximum atomic E-state index is 12.8. The average Bonchev–Trinajstić information content (AvgIpc) is 3.00. The molecule has 0 bridgehead atoms. The molecule has 170 valence electrons. The highest BCUT2D eigenvalue weighted by atomic mass is 35.5. The molecule has 2 aromatic heterocycles. The summed E-state index contributed by atoms with van der Waals surface area (Å²) >= 11 is 5.75. The van der Waals surface area contributed by atoms with Gasteiger partial charge in [0.05, 0.1) is 32.3 Å². The Kier molecular flexibility index (Phi) is 5.05. The van der Waals surface area contributed by atoms with Crippen LogP contribution >= 0.6 is 11.6 Å². The number of fused-ring (bicyclic) bond motifs is 1. The Hall–Kier alpha value is -3.71. The van der Waals surface area contributed by atoms with Gasteiger partial charge in [-0.25, -0.2) is 13.4 Å². The molecule has 1 aromatic carbocycles. The molecule has 0 spiro atoms. The summed E-state index contributed by atoms with van der Waals surface area (Å²) in [5.41, 5.74) is 3.64. The molecule has 33 heavy (non-hydrogen) atoms. The zero-order valence-electron chi connectivity index (χ0n) is 16.0. The van der Waals surface area contributed by atoms with Crippen LogP contribution in [-0.2, 0) is 16.0 Å². The van der Waals surface area contributed by atoms with E-state index < -0.39 is 49.0 Å². The van der Waals surface area contributed by atoms with Crippen molar-refractivity contribution in [1.82, 2.24) is 14.9 Å². The van der Waals surface area contributed by atoms with Crippen LogP contribution in [0.4, 0.5) is 19.0 Å². The van der Waals surface area contributed by atoms with Crippen molar-refractivity contribution in [3.05, 3.63) is 74.7 Å². The molecular weight excluding hydrogens is 489 g/mol. The highest BCUT2D eigenvalue weighted by Gasteiger charge is 2.34. The molecule has 1 aliphatic heterocycles. The summed E-state index contributed by atoms with van der Waals surface area (Å²) in [7, 11) is -4.41. The van der Waals surface area contributed by atoms with Crippen LogP contribution in [0.2, 0.25) is 5.02 Å². The van der Waals surface area contributed by atoms with E-state index in [4.69, 9.17) is 17.3 Å². The molecular formula is C19H10ClF3N4O5S. The van der Waals surface area contributed by atoms with E-state index in [0.29, 0.717) is 12.3 Å². The quantitative estimate of drug-likeness (QED) is 0.527. The number of sulfone groups is 1. The Morgan fingerprint density at radius 3 is 2.24 bits per heavy atom. The second kappa shape index (κ2) is 7.42. The van der Waals surface area contributed by atoms with Gasteiger partial charge in [-0.1, -0.05) is 11.6 Å². The number of pyridine rings is 2. The molecule has 0 saturated heterocycles. The number of hydrogen-bond acceptors (Lipinski definition) is 7. The standard InChI is InChI=1S/C19H10ClF3N4O5S/c20-12-5-8(19(21,22)23)7-25-18(12)33(31,32)10-3-1-9(2-4-10)27-13(28)6-11-14(15(27)24)17(30)26-16(11)29/h1-7H,24H2,(H,26,29,30). The van der Waals surface area contributed by atoms with Gasteiger partial charge in [0, 0.05) is 12.3 Å². The number of aromatic nitrogens is 2. The van der Waals surface area contributed by atoms with Gasteiger partial charge in [0.2, 0.25) is 9.84 Å². The summed E-state index contributed by atoms with van der Waals surface area (Å²) < 4.78 is 64.9. The van der Waals surface area contributed by atoms with Crippen LogP contribution in [0.25, 0.3) is 5.69 Å². The fourth-order valence-corrected chi connectivity index (χ4v) is 4.91. The molecule has 4 rings (SSSR count). The first kappa shape index (κ1) is 22.5. The lowest BCUT2D eigenvalue weighted by Gasteiger charge is -2.13. The van der Waals surface area contributed by atoms with Gasteiger partial charge in [-0.2, -0.15) is 13.2 Å². The topological polar surface area (TPSA) is 141 Å². The number of amides is 2. The Morgan fingerprint density at radius 1 is 1.03 bits per heavy atom. The number of rotatable bonds is 3. The van der Waals surface area contributed by atoms with Crippen LogP contribution in [0.15, 0.2) is 57.3 Å². The Balaban J connectivity index is 1.76. The summed E-state index contributed by atoms with van der Waals surface area (Å²) in [6, 6.07) is 5.86. The lowest BCUT2D eigenvalue weighted by atomic mass is 10.1. The van der Waals surface area contributed by atoms with Crippen LogP contribution < -0.4 is 16.6 Å². The minimum absolute atomic E-state index is 0.0675. The van der Waals surface area contributed by atoms with Crippen molar-refractivity contribution >= 4 is 39.1 Å². The third-order valence-corrected chi connectivity index (χ3v) is 6.88. The zero-order chi connectivity index (χ0) is 24.3. The van der Waals surface area contributed by atoms with E-state index in [1.165, 1.54) is 12.1 Å². The van der Waals surface area contributed by atoms with Crippen LogP contribution in [0, 0.1) is 0 Å². The SMILES string of the molecule is Nc1c2c(cc(=O)n1-c1ccc(S(=O)(=O)c3ncc(C(F)(F)F)cc3Cl)cc1)C(=O)NC2=O. The number of nitrogens with one attached hydrogen (secondary N) is 1. The van der Waals surface area contributed by atoms with E-state index in [9.17, 15) is 36.0 Å². The maximum Gasteiger partial charge on any atom is 0.417 e.